The highest BCUT2D eigenvalue weighted by atomic mass is 16.5. The van der Waals surface area contributed by atoms with E-state index in [0.29, 0.717) is 12.0 Å². The third-order valence-corrected chi connectivity index (χ3v) is 1.91. The third kappa shape index (κ3) is 9.84. The number of rotatable bonds is 8. The van der Waals surface area contributed by atoms with E-state index in [2.05, 4.69) is 33.0 Å². The van der Waals surface area contributed by atoms with Gasteiger partial charge in [0, 0.05) is 19.2 Å². The molecule has 0 aromatic carbocycles. The van der Waals surface area contributed by atoms with E-state index in [-0.39, 0.29) is 0 Å². The molecule has 0 aromatic rings. The molecule has 13 heavy (non-hydrogen) atoms. The maximum atomic E-state index is 5.46. The average molecular weight is 187 g/mol. The van der Waals surface area contributed by atoms with E-state index in [0.717, 1.165) is 19.8 Å². The second-order valence-electron chi connectivity index (χ2n) is 4.11. The van der Waals surface area contributed by atoms with Crippen LogP contribution < -0.4 is 5.32 Å². The summed E-state index contributed by atoms with van der Waals surface area (Å²) >= 11 is 0. The molecule has 0 aliphatic carbocycles. The molecule has 1 atom stereocenters. The Morgan fingerprint density at radius 1 is 1.23 bits per heavy atom. The molecule has 0 rings (SSSR count). The summed E-state index contributed by atoms with van der Waals surface area (Å²) in [6, 6.07) is 0.632. The van der Waals surface area contributed by atoms with Crippen molar-refractivity contribution in [2.75, 3.05) is 19.8 Å². The van der Waals surface area contributed by atoms with Crippen molar-refractivity contribution < 1.29 is 4.74 Å². The highest BCUT2D eigenvalue weighted by Gasteiger charge is 1.98. The molecule has 2 heteroatoms. The summed E-state index contributed by atoms with van der Waals surface area (Å²) < 4.78 is 5.46. The molecule has 0 saturated heterocycles. The van der Waals surface area contributed by atoms with Gasteiger partial charge in [-0.05, 0) is 19.3 Å². The van der Waals surface area contributed by atoms with Gasteiger partial charge in [0.05, 0.1) is 6.61 Å². The monoisotopic (exact) mass is 187 g/mol. The van der Waals surface area contributed by atoms with Gasteiger partial charge in [0.25, 0.3) is 0 Å². The Morgan fingerprint density at radius 3 is 2.46 bits per heavy atom. The van der Waals surface area contributed by atoms with Gasteiger partial charge in [-0.15, -0.1) is 0 Å². The Bertz CT molecular complexity index is 104. The van der Waals surface area contributed by atoms with E-state index in [1.165, 1.54) is 12.8 Å². The van der Waals surface area contributed by atoms with Crippen LogP contribution >= 0.6 is 0 Å². The van der Waals surface area contributed by atoms with E-state index in [9.17, 15) is 0 Å². The molecule has 0 saturated carbocycles. The summed E-state index contributed by atoms with van der Waals surface area (Å²) in [5, 5.41) is 3.43. The van der Waals surface area contributed by atoms with Crippen LogP contribution in [0.1, 0.15) is 40.5 Å². The van der Waals surface area contributed by atoms with Crippen molar-refractivity contribution in [1.29, 1.82) is 0 Å². The van der Waals surface area contributed by atoms with Crippen molar-refractivity contribution in [3.63, 3.8) is 0 Å². The summed E-state index contributed by atoms with van der Waals surface area (Å²) in [5.74, 6) is 0.646. The maximum absolute atomic E-state index is 5.46. The lowest BCUT2D eigenvalue weighted by atomic mass is 10.2. The average Bonchev–Trinajstić information content (AvgIpc) is 2.03. The van der Waals surface area contributed by atoms with Gasteiger partial charge < -0.3 is 10.1 Å². The van der Waals surface area contributed by atoms with Gasteiger partial charge in [-0.25, -0.2) is 0 Å². The standard InChI is InChI=1S/C11H25NO/c1-5-6-11(4)12-7-8-13-9-10(2)3/h10-12H,5-9H2,1-4H3. The highest BCUT2D eigenvalue weighted by molar-refractivity contribution is 4.58. The minimum atomic E-state index is 0.632. The second-order valence-corrected chi connectivity index (χ2v) is 4.11. The second kappa shape index (κ2) is 8.52. The van der Waals surface area contributed by atoms with Crippen LogP contribution in [-0.2, 0) is 4.74 Å². The highest BCUT2D eigenvalue weighted by Crippen LogP contribution is 1.94. The Morgan fingerprint density at radius 2 is 1.92 bits per heavy atom. The molecule has 0 aliphatic rings. The zero-order valence-electron chi connectivity index (χ0n) is 9.60. The minimum absolute atomic E-state index is 0.632. The predicted octanol–water partition coefficient (Wildman–Crippen LogP) is 2.44. The lowest BCUT2D eigenvalue weighted by Gasteiger charge is -2.13. The van der Waals surface area contributed by atoms with Gasteiger partial charge in [-0.2, -0.15) is 0 Å². The van der Waals surface area contributed by atoms with E-state index in [1.54, 1.807) is 0 Å². The molecule has 0 fully saturated rings. The van der Waals surface area contributed by atoms with Gasteiger partial charge in [0.1, 0.15) is 0 Å². The fourth-order valence-corrected chi connectivity index (χ4v) is 1.23. The zero-order chi connectivity index (χ0) is 10.1. The summed E-state index contributed by atoms with van der Waals surface area (Å²) in [6.45, 7) is 11.5. The van der Waals surface area contributed by atoms with Crippen LogP contribution in [0.5, 0.6) is 0 Å². The van der Waals surface area contributed by atoms with Crippen molar-refractivity contribution in [3.8, 4) is 0 Å². The molecule has 0 bridgehead atoms. The Kier molecular flexibility index (Phi) is 8.46. The number of hydrogen-bond acceptors (Lipinski definition) is 2. The van der Waals surface area contributed by atoms with Crippen LogP contribution in [0.2, 0.25) is 0 Å². The third-order valence-electron chi connectivity index (χ3n) is 1.91. The molecular weight excluding hydrogens is 162 g/mol. The number of ether oxygens (including phenoxy) is 1. The largest absolute Gasteiger partial charge is 0.380 e. The van der Waals surface area contributed by atoms with E-state index >= 15 is 0 Å². The van der Waals surface area contributed by atoms with E-state index in [4.69, 9.17) is 4.74 Å². The van der Waals surface area contributed by atoms with Crippen molar-refractivity contribution in [2.24, 2.45) is 5.92 Å². The zero-order valence-corrected chi connectivity index (χ0v) is 9.60. The summed E-state index contributed by atoms with van der Waals surface area (Å²) in [4.78, 5) is 0. The first-order chi connectivity index (χ1) is 6.16. The molecule has 80 valence electrons. The van der Waals surface area contributed by atoms with Crippen molar-refractivity contribution in [1.82, 2.24) is 5.32 Å². The Labute approximate surface area is 83.1 Å². The first-order valence-electron chi connectivity index (χ1n) is 5.48. The number of hydrogen-bond donors (Lipinski definition) is 1. The Balaban J connectivity index is 3.06. The van der Waals surface area contributed by atoms with Gasteiger partial charge in [0.15, 0.2) is 0 Å². The van der Waals surface area contributed by atoms with Gasteiger partial charge in [-0.1, -0.05) is 27.2 Å². The molecule has 0 amide bonds. The molecule has 1 unspecified atom stereocenters. The van der Waals surface area contributed by atoms with Crippen LogP contribution in [0.3, 0.4) is 0 Å². The normalized spacial score (nSPS) is 13.6. The van der Waals surface area contributed by atoms with Crippen molar-refractivity contribution >= 4 is 0 Å². The topological polar surface area (TPSA) is 21.3 Å². The lowest BCUT2D eigenvalue weighted by molar-refractivity contribution is 0.110. The van der Waals surface area contributed by atoms with Crippen LogP contribution in [0, 0.1) is 5.92 Å². The minimum Gasteiger partial charge on any atom is -0.380 e. The van der Waals surface area contributed by atoms with Crippen LogP contribution in [0.4, 0.5) is 0 Å². The molecule has 0 aliphatic heterocycles. The summed E-state index contributed by atoms with van der Waals surface area (Å²) in [6.07, 6.45) is 2.51. The SMILES string of the molecule is CCCC(C)NCCOCC(C)C. The Hall–Kier alpha value is -0.0800. The number of nitrogens with one attached hydrogen (secondary N) is 1. The molecule has 0 spiro atoms. The maximum Gasteiger partial charge on any atom is 0.0591 e. The first kappa shape index (κ1) is 12.9. The smallest absolute Gasteiger partial charge is 0.0591 e. The summed E-state index contributed by atoms with van der Waals surface area (Å²) in [7, 11) is 0. The van der Waals surface area contributed by atoms with Gasteiger partial charge in [0.2, 0.25) is 0 Å². The fraction of sp³-hybridized carbons (Fsp3) is 1.00. The fourth-order valence-electron chi connectivity index (χ4n) is 1.23. The van der Waals surface area contributed by atoms with Gasteiger partial charge in [-0.3, -0.25) is 0 Å². The van der Waals surface area contributed by atoms with Gasteiger partial charge >= 0.3 is 0 Å². The summed E-state index contributed by atoms with van der Waals surface area (Å²) in [5.41, 5.74) is 0. The van der Waals surface area contributed by atoms with Crippen molar-refractivity contribution in [2.45, 2.75) is 46.6 Å². The van der Waals surface area contributed by atoms with Crippen LogP contribution in [0.25, 0.3) is 0 Å². The first-order valence-corrected chi connectivity index (χ1v) is 5.48. The van der Waals surface area contributed by atoms with E-state index < -0.39 is 0 Å². The molecule has 0 heterocycles. The van der Waals surface area contributed by atoms with Crippen LogP contribution in [-0.4, -0.2) is 25.8 Å². The van der Waals surface area contributed by atoms with E-state index in [1.807, 2.05) is 0 Å². The van der Waals surface area contributed by atoms with Crippen LogP contribution in [0.15, 0.2) is 0 Å². The molecular formula is C11H25NO. The quantitative estimate of drug-likeness (QED) is 0.589. The molecule has 2 nitrogen and oxygen atoms in total. The lowest BCUT2D eigenvalue weighted by Crippen LogP contribution is -2.29. The molecule has 0 aromatic heterocycles. The molecule has 0 radical (unpaired) electrons. The van der Waals surface area contributed by atoms with Crippen molar-refractivity contribution in [3.05, 3.63) is 0 Å². The molecule has 1 N–H and O–H groups in total. The predicted molar refractivity (Wildman–Crippen MR) is 58.0 cm³/mol.